The number of likely N-dealkylation sites (tertiary alicyclic amines) is 1. The zero-order chi connectivity index (χ0) is 15.9. The lowest BCUT2D eigenvalue weighted by Gasteiger charge is -2.33. The van der Waals surface area contributed by atoms with E-state index in [2.05, 4.69) is 17.1 Å². The van der Waals surface area contributed by atoms with Crippen LogP contribution in [0.1, 0.15) is 39.5 Å². The van der Waals surface area contributed by atoms with Crippen molar-refractivity contribution in [3.8, 4) is 0 Å². The van der Waals surface area contributed by atoms with Crippen LogP contribution in [-0.2, 0) is 4.79 Å². The maximum atomic E-state index is 12.0. The van der Waals surface area contributed by atoms with Crippen LogP contribution in [0.25, 0.3) is 0 Å². The SMILES string of the molecule is CC(NCCCN1CCCCC1C)C(=O)NCC(F)(F)F. The van der Waals surface area contributed by atoms with Crippen LogP contribution in [0.15, 0.2) is 0 Å². The number of hydrogen-bond donors (Lipinski definition) is 2. The van der Waals surface area contributed by atoms with Crippen molar-refractivity contribution in [2.75, 3.05) is 26.2 Å². The first kappa shape index (κ1) is 18.2. The number of nitrogens with zero attached hydrogens (tertiary/aromatic N) is 1. The van der Waals surface area contributed by atoms with Crippen molar-refractivity contribution in [2.24, 2.45) is 0 Å². The van der Waals surface area contributed by atoms with Crippen molar-refractivity contribution in [3.05, 3.63) is 0 Å². The molecule has 1 saturated heterocycles. The van der Waals surface area contributed by atoms with E-state index in [9.17, 15) is 18.0 Å². The van der Waals surface area contributed by atoms with Crippen LogP contribution < -0.4 is 10.6 Å². The van der Waals surface area contributed by atoms with Crippen molar-refractivity contribution in [1.29, 1.82) is 0 Å². The number of hydrogen-bond acceptors (Lipinski definition) is 3. The van der Waals surface area contributed by atoms with Crippen molar-refractivity contribution in [3.63, 3.8) is 0 Å². The van der Waals surface area contributed by atoms with E-state index >= 15 is 0 Å². The topological polar surface area (TPSA) is 44.4 Å². The summed E-state index contributed by atoms with van der Waals surface area (Å²) in [5.74, 6) is -0.612. The molecule has 1 heterocycles. The Hall–Kier alpha value is -0.820. The van der Waals surface area contributed by atoms with Gasteiger partial charge >= 0.3 is 6.18 Å². The van der Waals surface area contributed by atoms with E-state index in [1.807, 2.05) is 5.32 Å². The Morgan fingerprint density at radius 1 is 1.38 bits per heavy atom. The molecule has 0 aliphatic carbocycles. The van der Waals surface area contributed by atoms with E-state index in [4.69, 9.17) is 0 Å². The minimum Gasteiger partial charge on any atom is -0.346 e. The molecule has 0 radical (unpaired) electrons. The Morgan fingerprint density at radius 2 is 2.10 bits per heavy atom. The van der Waals surface area contributed by atoms with E-state index in [0.717, 1.165) is 19.5 Å². The molecule has 0 aromatic rings. The van der Waals surface area contributed by atoms with Crippen LogP contribution in [0.5, 0.6) is 0 Å². The normalized spacial score (nSPS) is 22.0. The molecule has 124 valence electrons. The number of halogens is 3. The second-order valence-corrected chi connectivity index (χ2v) is 5.74. The summed E-state index contributed by atoms with van der Waals surface area (Å²) >= 11 is 0. The van der Waals surface area contributed by atoms with Gasteiger partial charge < -0.3 is 15.5 Å². The van der Waals surface area contributed by atoms with Gasteiger partial charge in [0.25, 0.3) is 0 Å². The standard InChI is InChI=1S/C14H26F3N3O/c1-11-6-3-4-8-20(11)9-5-7-18-12(2)13(21)19-10-14(15,16)17/h11-12,18H,3-10H2,1-2H3,(H,19,21). The average molecular weight is 309 g/mol. The highest BCUT2D eigenvalue weighted by atomic mass is 19.4. The molecule has 2 unspecified atom stereocenters. The molecule has 2 atom stereocenters. The van der Waals surface area contributed by atoms with E-state index in [0.29, 0.717) is 12.6 Å². The highest BCUT2D eigenvalue weighted by molar-refractivity contribution is 5.81. The molecular weight excluding hydrogens is 283 g/mol. The van der Waals surface area contributed by atoms with Crippen LogP contribution in [0, 0.1) is 0 Å². The lowest BCUT2D eigenvalue weighted by molar-refractivity contribution is -0.139. The predicted molar refractivity (Wildman–Crippen MR) is 76.0 cm³/mol. The molecule has 7 heteroatoms. The van der Waals surface area contributed by atoms with Crippen molar-refractivity contribution in [2.45, 2.75) is 57.8 Å². The zero-order valence-corrected chi connectivity index (χ0v) is 12.8. The maximum absolute atomic E-state index is 12.0. The molecule has 0 aromatic heterocycles. The molecule has 1 rings (SSSR count). The molecule has 0 bridgehead atoms. The largest absolute Gasteiger partial charge is 0.405 e. The third-order valence-electron chi connectivity index (χ3n) is 3.87. The molecular formula is C14H26F3N3O. The van der Waals surface area contributed by atoms with Crippen LogP contribution in [0.4, 0.5) is 13.2 Å². The maximum Gasteiger partial charge on any atom is 0.405 e. The fourth-order valence-electron chi connectivity index (χ4n) is 2.52. The quantitative estimate of drug-likeness (QED) is 0.706. The molecule has 0 aromatic carbocycles. The van der Waals surface area contributed by atoms with E-state index in [-0.39, 0.29) is 0 Å². The number of carbonyl (C=O) groups is 1. The van der Waals surface area contributed by atoms with Crippen LogP contribution >= 0.6 is 0 Å². The zero-order valence-electron chi connectivity index (χ0n) is 12.8. The summed E-state index contributed by atoms with van der Waals surface area (Å²) in [7, 11) is 0. The van der Waals surface area contributed by atoms with Gasteiger partial charge in [-0.15, -0.1) is 0 Å². The van der Waals surface area contributed by atoms with Gasteiger partial charge in [-0.05, 0) is 52.7 Å². The summed E-state index contributed by atoms with van der Waals surface area (Å²) in [6.07, 6.45) is 0.269. The van der Waals surface area contributed by atoms with Crippen LogP contribution in [0.3, 0.4) is 0 Å². The molecule has 4 nitrogen and oxygen atoms in total. The second-order valence-electron chi connectivity index (χ2n) is 5.74. The predicted octanol–water partition coefficient (Wildman–Crippen LogP) is 1.91. The summed E-state index contributed by atoms with van der Waals surface area (Å²) in [5, 5.41) is 4.85. The first-order chi connectivity index (χ1) is 9.79. The van der Waals surface area contributed by atoms with Gasteiger partial charge in [-0.2, -0.15) is 13.2 Å². The molecule has 0 saturated carbocycles. The van der Waals surface area contributed by atoms with Gasteiger partial charge in [-0.25, -0.2) is 0 Å². The molecule has 1 fully saturated rings. The van der Waals surface area contributed by atoms with Crippen molar-refractivity contribution in [1.82, 2.24) is 15.5 Å². The minimum absolute atomic E-state index is 0.603. The van der Waals surface area contributed by atoms with E-state index < -0.39 is 24.7 Å². The van der Waals surface area contributed by atoms with Gasteiger partial charge in [0.05, 0.1) is 6.04 Å². The summed E-state index contributed by atoms with van der Waals surface area (Å²) in [6, 6.07) is -0.00242. The molecule has 1 aliphatic rings. The van der Waals surface area contributed by atoms with Gasteiger partial charge in [-0.3, -0.25) is 4.79 Å². The number of amides is 1. The Balaban J connectivity index is 2.12. The molecule has 1 amide bonds. The van der Waals surface area contributed by atoms with Crippen molar-refractivity contribution < 1.29 is 18.0 Å². The lowest BCUT2D eigenvalue weighted by atomic mass is 10.0. The van der Waals surface area contributed by atoms with Crippen LogP contribution in [0.2, 0.25) is 0 Å². The van der Waals surface area contributed by atoms with E-state index in [1.165, 1.54) is 19.3 Å². The molecule has 0 spiro atoms. The minimum atomic E-state index is -4.36. The average Bonchev–Trinajstić information content (AvgIpc) is 2.41. The molecule has 21 heavy (non-hydrogen) atoms. The lowest BCUT2D eigenvalue weighted by Crippen LogP contribution is -2.46. The number of nitrogens with one attached hydrogen (secondary N) is 2. The third kappa shape index (κ3) is 7.66. The fraction of sp³-hybridized carbons (Fsp3) is 0.929. The summed E-state index contributed by atoms with van der Waals surface area (Å²) in [6.45, 7) is 5.23. The van der Waals surface area contributed by atoms with Gasteiger partial charge in [0.1, 0.15) is 6.54 Å². The Morgan fingerprint density at radius 3 is 2.71 bits per heavy atom. The van der Waals surface area contributed by atoms with Crippen molar-refractivity contribution >= 4 is 5.91 Å². The Kier molecular flexibility index (Phi) is 7.45. The number of piperidine rings is 1. The van der Waals surface area contributed by atoms with Gasteiger partial charge in [-0.1, -0.05) is 6.42 Å². The first-order valence-corrected chi connectivity index (χ1v) is 7.61. The number of carbonyl (C=O) groups excluding carboxylic acids is 1. The summed E-state index contributed by atoms with van der Waals surface area (Å²) in [4.78, 5) is 13.9. The summed E-state index contributed by atoms with van der Waals surface area (Å²) in [5.41, 5.74) is 0. The molecule has 1 aliphatic heterocycles. The van der Waals surface area contributed by atoms with Gasteiger partial charge in [0, 0.05) is 6.04 Å². The fourth-order valence-corrected chi connectivity index (χ4v) is 2.52. The van der Waals surface area contributed by atoms with Gasteiger partial charge in [0.2, 0.25) is 5.91 Å². The van der Waals surface area contributed by atoms with E-state index in [1.54, 1.807) is 6.92 Å². The summed E-state index contributed by atoms with van der Waals surface area (Å²) < 4.78 is 36.0. The van der Waals surface area contributed by atoms with Gasteiger partial charge in [0.15, 0.2) is 0 Å². The Bertz CT molecular complexity index is 323. The monoisotopic (exact) mass is 309 g/mol. The van der Waals surface area contributed by atoms with Crippen LogP contribution in [-0.4, -0.2) is 55.2 Å². The number of rotatable bonds is 7. The highest BCUT2D eigenvalue weighted by Gasteiger charge is 2.28. The third-order valence-corrected chi connectivity index (χ3v) is 3.87. The Labute approximate surface area is 124 Å². The number of alkyl halides is 3. The smallest absolute Gasteiger partial charge is 0.346 e. The molecule has 2 N–H and O–H groups in total. The second kappa shape index (κ2) is 8.58. The highest BCUT2D eigenvalue weighted by Crippen LogP contribution is 2.16. The first-order valence-electron chi connectivity index (χ1n) is 7.61.